The average Bonchev–Trinajstić information content (AvgIpc) is 3.14. The van der Waals surface area contributed by atoms with Crippen molar-refractivity contribution in [2.75, 3.05) is 36.5 Å². The Balaban J connectivity index is 1.37. The van der Waals surface area contributed by atoms with Crippen molar-refractivity contribution < 1.29 is 14.3 Å². The molecular weight excluding hydrogens is 370 g/mol. The maximum absolute atomic E-state index is 12.6. The van der Waals surface area contributed by atoms with E-state index >= 15 is 0 Å². The first-order chi connectivity index (χ1) is 14.1. The molecule has 0 saturated carbocycles. The molecule has 1 aromatic carbocycles. The van der Waals surface area contributed by atoms with Crippen molar-refractivity contribution in [2.24, 2.45) is 0 Å². The van der Waals surface area contributed by atoms with E-state index in [1.807, 2.05) is 24.3 Å². The predicted molar refractivity (Wildman–Crippen MR) is 109 cm³/mol. The van der Waals surface area contributed by atoms with Crippen molar-refractivity contribution >= 4 is 23.5 Å². The Morgan fingerprint density at radius 1 is 1.17 bits per heavy atom. The van der Waals surface area contributed by atoms with Gasteiger partial charge in [0.2, 0.25) is 11.9 Å². The Morgan fingerprint density at radius 2 is 1.93 bits per heavy atom. The molecule has 0 aliphatic carbocycles. The molecule has 2 aliphatic rings. The molecule has 4 rings (SSSR count). The lowest BCUT2D eigenvalue weighted by atomic mass is 10.1. The number of carbonyl (C=O) groups is 2. The molecule has 8 heteroatoms. The number of nitrogens with one attached hydrogen (secondary N) is 1. The smallest absolute Gasteiger partial charge is 0.254 e. The molecule has 2 aromatic rings. The van der Waals surface area contributed by atoms with Crippen LogP contribution in [0.4, 0.5) is 11.6 Å². The number of rotatable bonds is 5. The molecule has 3 heterocycles. The van der Waals surface area contributed by atoms with Crippen LogP contribution in [0.3, 0.4) is 0 Å². The summed E-state index contributed by atoms with van der Waals surface area (Å²) >= 11 is 0. The van der Waals surface area contributed by atoms with Crippen molar-refractivity contribution in [3.63, 3.8) is 0 Å². The minimum Gasteiger partial charge on any atom is -0.497 e. The average molecular weight is 395 g/mol. The fourth-order valence-corrected chi connectivity index (χ4v) is 3.80. The molecule has 152 valence electrons. The number of amides is 2. The van der Waals surface area contributed by atoms with Crippen LogP contribution in [0.5, 0.6) is 5.75 Å². The van der Waals surface area contributed by atoms with Crippen LogP contribution in [0.25, 0.3) is 0 Å². The molecule has 1 N–H and O–H groups in total. The van der Waals surface area contributed by atoms with Crippen LogP contribution < -0.4 is 19.9 Å². The summed E-state index contributed by atoms with van der Waals surface area (Å²) in [5, 5.41) is 2.93. The van der Waals surface area contributed by atoms with E-state index in [1.54, 1.807) is 24.4 Å². The highest BCUT2D eigenvalue weighted by Crippen LogP contribution is 2.25. The first-order valence-corrected chi connectivity index (χ1v) is 9.96. The quantitative estimate of drug-likeness (QED) is 0.833. The van der Waals surface area contributed by atoms with E-state index in [2.05, 4.69) is 20.2 Å². The van der Waals surface area contributed by atoms with Crippen LogP contribution in [0.2, 0.25) is 0 Å². The van der Waals surface area contributed by atoms with E-state index in [0.717, 1.165) is 31.6 Å². The Kier molecular flexibility index (Phi) is 5.59. The van der Waals surface area contributed by atoms with Gasteiger partial charge in [-0.3, -0.25) is 9.59 Å². The number of anilines is 2. The molecule has 2 amide bonds. The van der Waals surface area contributed by atoms with Gasteiger partial charge in [0.25, 0.3) is 5.91 Å². The molecule has 2 aliphatic heterocycles. The highest BCUT2D eigenvalue weighted by molar-refractivity contribution is 5.98. The van der Waals surface area contributed by atoms with Gasteiger partial charge >= 0.3 is 0 Å². The normalized spacial score (nSPS) is 19.3. The zero-order valence-electron chi connectivity index (χ0n) is 16.5. The SMILES string of the molecule is COc1cccc(N2C[C@H](NC(=O)c3cnc(N4CCCCC4)nc3)CC2=O)c1. The summed E-state index contributed by atoms with van der Waals surface area (Å²) in [4.78, 5) is 37.5. The third kappa shape index (κ3) is 4.31. The predicted octanol–water partition coefficient (Wildman–Crippen LogP) is 2.01. The minimum absolute atomic E-state index is 0.0275. The van der Waals surface area contributed by atoms with Crippen LogP contribution in [-0.2, 0) is 4.79 Å². The van der Waals surface area contributed by atoms with Crippen LogP contribution in [0.15, 0.2) is 36.7 Å². The zero-order chi connectivity index (χ0) is 20.2. The summed E-state index contributed by atoms with van der Waals surface area (Å²) in [6, 6.07) is 7.08. The molecule has 1 atom stereocenters. The van der Waals surface area contributed by atoms with Crippen molar-refractivity contribution in [3.05, 3.63) is 42.2 Å². The lowest BCUT2D eigenvalue weighted by Crippen LogP contribution is -2.37. The fourth-order valence-electron chi connectivity index (χ4n) is 3.80. The van der Waals surface area contributed by atoms with Gasteiger partial charge in [-0.25, -0.2) is 9.97 Å². The van der Waals surface area contributed by atoms with Crippen molar-refractivity contribution in [3.8, 4) is 5.75 Å². The fraction of sp³-hybridized carbons (Fsp3) is 0.429. The monoisotopic (exact) mass is 395 g/mol. The van der Waals surface area contributed by atoms with Gasteiger partial charge < -0.3 is 19.9 Å². The number of ether oxygens (including phenoxy) is 1. The topological polar surface area (TPSA) is 87.7 Å². The maximum atomic E-state index is 12.6. The molecule has 2 saturated heterocycles. The number of hydrogen-bond donors (Lipinski definition) is 1. The van der Waals surface area contributed by atoms with Crippen LogP contribution >= 0.6 is 0 Å². The van der Waals surface area contributed by atoms with Crippen molar-refractivity contribution in [2.45, 2.75) is 31.7 Å². The van der Waals surface area contributed by atoms with Crippen LogP contribution in [0.1, 0.15) is 36.0 Å². The number of nitrogens with zero attached hydrogens (tertiary/aromatic N) is 4. The summed E-state index contributed by atoms with van der Waals surface area (Å²) in [7, 11) is 1.59. The highest BCUT2D eigenvalue weighted by Gasteiger charge is 2.32. The molecule has 0 spiro atoms. The standard InChI is InChI=1S/C21H25N5O3/c1-29-18-7-5-6-17(11-18)26-14-16(10-19(26)27)24-20(28)15-12-22-21(23-13-15)25-8-3-2-4-9-25/h5-7,11-13,16H,2-4,8-10,14H2,1H3,(H,24,28)/t16-/m1/s1. The molecule has 8 nitrogen and oxygen atoms in total. The Morgan fingerprint density at radius 3 is 2.66 bits per heavy atom. The summed E-state index contributed by atoms with van der Waals surface area (Å²) < 4.78 is 5.23. The number of aromatic nitrogens is 2. The van der Waals surface area contributed by atoms with Gasteiger partial charge in [-0.05, 0) is 31.4 Å². The van der Waals surface area contributed by atoms with Gasteiger partial charge in [0, 0.05) is 50.2 Å². The second kappa shape index (κ2) is 8.46. The van der Waals surface area contributed by atoms with E-state index in [0.29, 0.717) is 23.8 Å². The van der Waals surface area contributed by atoms with Crippen molar-refractivity contribution in [1.82, 2.24) is 15.3 Å². The molecule has 0 bridgehead atoms. The first-order valence-electron chi connectivity index (χ1n) is 9.96. The number of piperidine rings is 1. The Hall–Kier alpha value is -3.16. The third-order valence-corrected chi connectivity index (χ3v) is 5.36. The number of carbonyl (C=O) groups excluding carboxylic acids is 2. The molecule has 1 aromatic heterocycles. The number of methoxy groups -OCH3 is 1. The summed E-state index contributed by atoms with van der Waals surface area (Å²) in [6.45, 7) is 2.33. The Labute approximate surface area is 169 Å². The molecular formula is C21H25N5O3. The largest absolute Gasteiger partial charge is 0.497 e. The number of benzene rings is 1. The second-order valence-electron chi connectivity index (χ2n) is 7.40. The molecule has 2 fully saturated rings. The zero-order valence-corrected chi connectivity index (χ0v) is 16.5. The first kappa shape index (κ1) is 19.2. The number of hydrogen-bond acceptors (Lipinski definition) is 6. The second-order valence-corrected chi connectivity index (χ2v) is 7.40. The van der Waals surface area contributed by atoms with Crippen LogP contribution in [-0.4, -0.2) is 54.6 Å². The lowest BCUT2D eigenvalue weighted by Gasteiger charge is -2.26. The van der Waals surface area contributed by atoms with Gasteiger partial charge in [0.05, 0.1) is 18.7 Å². The van der Waals surface area contributed by atoms with Gasteiger partial charge in [-0.15, -0.1) is 0 Å². The highest BCUT2D eigenvalue weighted by atomic mass is 16.5. The third-order valence-electron chi connectivity index (χ3n) is 5.36. The van der Waals surface area contributed by atoms with E-state index in [1.165, 1.54) is 6.42 Å². The van der Waals surface area contributed by atoms with Crippen LogP contribution in [0, 0.1) is 0 Å². The summed E-state index contributed by atoms with van der Waals surface area (Å²) in [5.41, 5.74) is 1.17. The van der Waals surface area contributed by atoms with Gasteiger partial charge in [0.1, 0.15) is 5.75 Å². The van der Waals surface area contributed by atoms with E-state index in [4.69, 9.17) is 4.74 Å². The van der Waals surface area contributed by atoms with Crippen molar-refractivity contribution in [1.29, 1.82) is 0 Å². The molecule has 0 unspecified atom stereocenters. The van der Waals surface area contributed by atoms with Gasteiger partial charge in [0.15, 0.2) is 0 Å². The Bertz CT molecular complexity index is 880. The van der Waals surface area contributed by atoms with E-state index < -0.39 is 0 Å². The molecule has 0 radical (unpaired) electrons. The summed E-state index contributed by atoms with van der Waals surface area (Å²) in [6.07, 6.45) is 6.90. The minimum atomic E-state index is -0.263. The van der Waals surface area contributed by atoms with E-state index in [9.17, 15) is 9.59 Å². The van der Waals surface area contributed by atoms with E-state index in [-0.39, 0.29) is 24.3 Å². The molecule has 29 heavy (non-hydrogen) atoms. The summed E-state index contributed by atoms with van der Waals surface area (Å²) in [5.74, 6) is 1.07. The lowest BCUT2D eigenvalue weighted by molar-refractivity contribution is -0.117. The van der Waals surface area contributed by atoms with Gasteiger partial charge in [-0.2, -0.15) is 0 Å². The van der Waals surface area contributed by atoms with Gasteiger partial charge in [-0.1, -0.05) is 6.07 Å². The maximum Gasteiger partial charge on any atom is 0.254 e.